The van der Waals surface area contributed by atoms with Crippen molar-refractivity contribution in [3.8, 4) is 0 Å². The molecule has 4 rings (SSSR count). The van der Waals surface area contributed by atoms with E-state index < -0.39 is 35.1 Å². The molecule has 3 aromatic carbocycles. The van der Waals surface area contributed by atoms with Crippen molar-refractivity contribution in [3.63, 3.8) is 0 Å². The van der Waals surface area contributed by atoms with Crippen LogP contribution in [0.1, 0.15) is 49.4 Å². The summed E-state index contributed by atoms with van der Waals surface area (Å²) in [5, 5.41) is 8.61. The van der Waals surface area contributed by atoms with Crippen molar-refractivity contribution in [2.75, 3.05) is 6.54 Å². The molecule has 0 bridgehead atoms. The van der Waals surface area contributed by atoms with Gasteiger partial charge in [-0.2, -0.15) is 0 Å². The average Bonchev–Trinajstić information content (AvgIpc) is 3.01. The topological polar surface area (TPSA) is 129 Å². The van der Waals surface area contributed by atoms with Crippen LogP contribution in [0.5, 0.6) is 0 Å². The van der Waals surface area contributed by atoms with Gasteiger partial charge in [0.2, 0.25) is 17.4 Å². The van der Waals surface area contributed by atoms with Crippen LogP contribution < -0.4 is 21.5 Å². The predicted molar refractivity (Wildman–Crippen MR) is 169 cm³/mol. The molecule has 0 fully saturated rings. The van der Waals surface area contributed by atoms with Gasteiger partial charge in [0.1, 0.15) is 17.2 Å². The molecule has 44 heavy (non-hydrogen) atoms. The van der Waals surface area contributed by atoms with E-state index in [9.17, 15) is 19.2 Å². The lowest BCUT2D eigenvalue weighted by molar-refractivity contribution is -0.129. The van der Waals surface area contributed by atoms with Gasteiger partial charge in [0.25, 0.3) is 0 Å². The van der Waals surface area contributed by atoms with Gasteiger partial charge < -0.3 is 25.7 Å². The monoisotopic (exact) mass is 594 g/mol. The maximum atomic E-state index is 14.0. The first-order valence-electron chi connectivity index (χ1n) is 14.5. The Morgan fingerprint density at radius 1 is 0.773 bits per heavy atom. The minimum Gasteiger partial charge on any atom is -0.444 e. The van der Waals surface area contributed by atoms with Gasteiger partial charge in [0.15, 0.2) is 0 Å². The molecule has 4 N–H and O–H groups in total. The van der Waals surface area contributed by atoms with Gasteiger partial charge in [-0.25, -0.2) is 4.79 Å². The number of alkyl carbamates (subject to hydrolysis) is 1. The normalized spacial score (nSPS) is 12.1. The van der Waals surface area contributed by atoms with Crippen molar-refractivity contribution in [2.45, 2.75) is 50.8 Å². The molecule has 9 heteroatoms. The summed E-state index contributed by atoms with van der Waals surface area (Å²) < 4.78 is 5.40. The minimum atomic E-state index is -1.22. The molecule has 9 nitrogen and oxygen atoms in total. The van der Waals surface area contributed by atoms with Gasteiger partial charge in [0.05, 0.1) is 6.42 Å². The summed E-state index contributed by atoms with van der Waals surface area (Å²) in [5.74, 6) is -1.00. The summed E-state index contributed by atoms with van der Waals surface area (Å²) in [6.07, 6.45) is 0.853. The third-order valence-corrected chi connectivity index (χ3v) is 6.91. The van der Waals surface area contributed by atoms with E-state index in [4.69, 9.17) is 4.74 Å². The summed E-state index contributed by atoms with van der Waals surface area (Å²) in [4.78, 5) is 54.1. The lowest BCUT2D eigenvalue weighted by Gasteiger charge is -2.37. The van der Waals surface area contributed by atoms with Crippen LogP contribution in [0.25, 0.3) is 0 Å². The van der Waals surface area contributed by atoms with Crippen LogP contribution in [0.15, 0.2) is 114 Å². The first kappa shape index (κ1) is 31.7. The van der Waals surface area contributed by atoms with Crippen LogP contribution in [-0.2, 0) is 26.3 Å². The second-order valence-corrected chi connectivity index (χ2v) is 11.4. The van der Waals surface area contributed by atoms with Crippen molar-refractivity contribution in [1.29, 1.82) is 0 Å². The van der Waals surface area contributed by atoms with Crippen LogP contribution in [0, 0.1) is 0 Å². The van der Waals surface area contributed by atoms with E-state index in [0.29, 0.717) is 6.42 Å². The number of amides is 3. The van der Waals surface area contributed by atoms with Crippen LogP contribution in [0.3, 0.4) is 0 Å². The number of rotatable bonds is 11. The van der Waals surface area contributed by atoms with Crippen LogP contribution in [-0.4, -0.2) is 41.1 Å². The SMILES string of the molecule is CC(C)(C)OC(=O)N[C@H](CC(=O)NC(c1ccccc1)(c1ccccc1)c1ccccc1)C(=O)NCCc1ccc(=O)[nH]c1. The summed E-state index contributed by atoms with van der Waals surface area (Å²) in [6, 6.07) is 30.7. The van der Waals surface area contributed by atoms with Gasteiger partial charge in [-0.05, 0) is 49.4 Å². The molecule has 3 amide bonds. The van der Waals surface area contributed by atoms with E-state index in [1.807, 2.05) is 91.0 Å². The molecule has 1 atom stereocenters. The Kier molecular flexibility index (Phi) is 10.3. The Morgan fingerprint density at radius 2 is 1.30 bits per heavy atom. The fourth-order valence-electron chi connectivity index (χ4n) is 4.94. The highest BCUT2D eigenvalue weighted by atomic mass is 16.6. The maximum absolute atomic E-state index is 14.0. The third-order valence-electron chi connectivity index (χ3n) is 6.91. The fourth-order valence-corrected chi connectivity index (χ4v) is 4.94. The number of hydrogen-bond donors (Lipinski definition) is 4. The molecule has 0 unspecified atom stereocenters. The Bertz CT molecular complexity index is 1480. The third kappa shape index (κ3) is 8.44. The first-order chi connectivity index (χ1) is 21.1. The molecular weight excluding hydrogens is 556 g/mol. The van der Waals surface area contributed by atoms with Gasteiger partial charge in [0, 0.05) is 18.8 Å². The molecule has 0 aliphatic carbocycles. The van der Waals surface area contributed by atoms with Crippen LogP contribution in [0.4, 0.5) is 4.79 Å². The molecular formula is C35H38N4O5. The Morgan fingerprint density at radius 3 is 1.75 bits per heavy atom. The Balaban J connectivity index is 1.62. The number of benzene rings is 3. The van der Waals surface area contributed by atoms with Crippen molar-refractivity contribution in [3.05, 3.63) is 142 Å². The minimum absolute atomic E-state index is 0.219. The molecule has 228 valence electrons. The summed E-state index contributed by atoms with van der Waals surface area (Å²) >= 11 is 0. The molecule has 0 saturated carbocycles. The van der Waals surface area contributed by atoms with Gasteiger partial charge in [-0.3, -0.25) is 14.4 Å². The number of pyridine rings is 1. The highest BCUT2D eigenvalue weighted by Crippen LogP contribution is 2.36. The summed E-state index contributed by atoms with van der Waals surface area (Å²) in [5.41, 5.74) is 1.19. The lowest BCUT2D eigenvalue weighted by Crippen LogP contribution is -2.53. The maximum Gasteiger partial charge on any atom is 0.408 e. The number of nitrogens with one attached hydrogen (secondary N) is 4. The van der Waals surface area contributed by atoms with Gasteiger partial charge >= 0.3 is 6.09 Å². The second-order valence-electron chi connectivity index (χ2n) is 11.4. The first-order valence-corrected chi connectivity index (χ1v) is 14.5. The summed E-state index contributed by atoms with van der Waals surface area (Å²) in [7, 11) is 0. The number of hydrogen-bond acceptors (Lipinski definition) is 5. The van der Waals surface area contributed by atoms with Crippen molar-refractivity contribution in [2.24, 2.45) is 0 Å². The van der Waals surface area contributed by atoms with Crippen molar-refractivity contribution < 1.29 is 19.1 Å². The number of carbonyl (C=O) groups excluding carboxylic acids is 3. The van der Waals surface area contributed by atoms with E-state index in [0.717, 1.165) is 22.3 Å². The van der Waals surface area contributed by atoms with E-state index in [1.54, 1.807) is 33.0 Å². The molecule has 0 radical (unpaired) electrons. The molecule has 0 aliphatic rings. The molecule has 0 saturated heterocycles. The molecule has 1 heterocycles. The Hall–Kier alpha value is -5.18. The fraction of sp³-hybridized carbons (Fsp3) is 0.257. The highest BCUT2D eigenvalue weighted by molar-refractivity contribution is 5.91. The number of carbonyl (C=O) groups is 3. The largest absolute Gasteiger partial charge is 0.444 e. The zero-order chi connectivity index (χ0) is 31.6. The van der Waals surface area contributed by atoms with E-state index in [-0.39, 0.29) is 18.5 Å². The molecule has 0 spiro atoms. The quantitative estimate of drug-likeness (QED) is 0.191. The van der Waals surface area contributed by atoms with Crippen LogP contribution in [0.2, 0.25) is 0 Å². The van der Waals surface area contributed by atoms with E-state index in [1.165, 1.54) is 6.07 Å². The number of H-pyrrole nitrogens is 1. The predicted octanol–water partition coefficient (Wildman–Crippen LogP) is 4.43. The second kappa shape index (κ2) is 14.3. The van der Waals surface area contributed by atoms with Crippen LogP contribution >= 0.6 is 0 Å². The molecule has 4 aromatic rings. The Labute approximate surface area is 257 Å². The van der Waals surface area contributed by atoms with E-state index >= 15 is 0 Å². The van der Waals surface area contributed by atoms with Gasteiger partial charge in [-0.15, -0.1) is 0 Å². The number of aromatic nitrogens is 1. The average molecular weight is 595 g/mol. The summed E-state index contributed by atoms with van der Waals surface area (Å²) in [6.45, 7) is 5.37. The zero-order valence-corrected chi connectivity index (χ0v) is 25.1. The molecule has 0 aliphatic heterocycles. The number of aromatic amines is 1. The number of ether oxygens (including phenoxy) is 1. The smallest absolute Gasteiger partial charge is 0.408 e. The highest BCUT2D eigenvalue weighted by Gasteiger charge is 2.39. The zero-order valence-electron chi connectivity index (χ0n) is 25.1. The van der Waals surface area contributed by atoms with E-state index in [2.05, 4.69) is 20.9 Å². The van der Waals surface area contributed by atoms with Crippen molar-refractivity contribution in [1.82, 2.24) is 20.9 Å². The standard InChI is InChI=1S/C35H38N4O5/c1-34(2,3)44-33(43)38-29(32(42)36-22-21-25-19-20-30(40)37-24-25)23-31(41)39-35(26-13-7-4-8-14-26,27-15-9-5-10-16-27)28-17-11-6-12-18-28/h4-20,24,29H,21-23H2,1-3H3,(H,36,42)(H,37,40)(H,38,43)(H,39,41)/t29-/m1/s1. The van der Waals surface area contributed by atoms with Crippen molar-refractivity contribution >= 4 is 17.9 Å². The lowest BCUT2D eigenvalue weighted by atomic mass is 9.77. The molecule has 1 aromatic heterocycles. The van der Waals surface area contributed by atoms with Gasteiger partial charge in [-0.1, -0.05) is 97.1 Å².